The molecular formula is C18H19N3O3. The third-order valence-electron chi connectivity index (χ3n) is 3.51. The Labute approximate surface area is 140 Å². The summed E-state index contributed by atoms with van der Waals surface area (Å²) in [5.41, 5.74) is 1.22. The highest BCUT2D eigenvalue weighted by Crippen LogP contribution is 2.14. The molecule has 2 aromatic rings. The summed E-state index contributed by atoms with van der Waals surface area (Å²) in [5.74, 6) is -2.50. The molecule has 2 atom stereocenters. The Morgan fingerprint density at radius 1 is 1.25 bits per heavy atom. The van der Waals surface area contributed by atoms with E-state index >= 15 is 0 Å². The lowest BCUT2D eigenvalue weighted by molar-refractivity contribution is -0.123. The minimum absolute atomic E-state index is 0.276. The van der Waals surface area contributed by atoms with Gasteiger partial charge in [-0.15, -0.1) is 0 Å². The zero-order valence-electron chi connectivity index (χ0n) is 13.6. The minimum atomic E-state index is -1.37. The van der Waals surface area contributed by atoms with E-state index in [0.717, 1.165) is 5.69 Å². The van der Waals surface area contributed by atoms with Crippen molar-refractivity contribution in [2.24, 2.45) is 5.92 Å². The Bertz CT molecular complexity index is 730. The van der Waals surface area contributed by atoms with Gasteiger partial charge in [-0.2, -0.15) is 5.26 Å². The normalized spacial score (nSPS) is 12.9. The molecule has 6 nitrogen and oxygen atoms in total. The SMILES string of the molecule is COC[C@@H](C)NC(=O)[C@H](C#N)C(=O)c1ccc(-n2cccc2)cc1. The number of benzene rings is 1. The predicted molar refractivity (Wildman–Crippen MR) is 88.7 cm³/mol. The maximum Gasteiger partial charge on any atom is 0.245 e. The summed E-state index contributed by atoms with van der Waals surface area (Å²) in [7, 11) is 1.52. The van der Waals surface area contributed by atoms with Crippen LogP contribution in [0.15, 0.2) is 48.8 Å². The highest BCUT2D eigenvalue weighted by Gasteiger charge is 2.28. The zero-order valence-corrected chi connectivity index (χ0v) is 13.6. The largest absolute Gasteiger partial charge is 0.383 e. The molecule has 0 bridgehead atoms. The van der Waals surface area contributed by atoms with E-state index < -0.39 is 17.6 Å². The number of aromatic nitrogens is 1. The molecular weight excluding hydrogens is 306 g/mol. The van der Waals surface area contributed by atoms with Gasteiger partial charge in [-0.3, -0.25) is 9.59 Å². The van der Waals surface area contributed by atoms with Gasteiger partial charge in [0.25, 0.3) is 0 Å². The molecule has 24 heavy (non-hydrogen) atoms. The summed E-state index contributed by atoms with van der Waals surface area (Å²) >= 11 is 0. The van der Waals surface area contributed by atoms with E-state index in [0.29, 0.717) is 12.2 Å². The summed E-state index contributed by atoms with van der Waals surface area (Å²) in [4.78, 5) is 24.5. The van der Waals surface area contributed by atoms with Crippen molar-refractivity contribution in [3.8, 4) is 11.8 Å². The number of Topliss-reactive ketones (excluding diaryl/α,β-unsaturated/α-hetero) is 1. The van der Waals surface area contributed by atoms with Gasteiger partial charge in [0.1, 0.15) is 0 Å². The number of hydrogen-bond donors (Lipinski definition) is 1. The summed E-state index contributed by atoms with van der Waals surface area (Å²) in [6.07, 6.45) is 3.78. The average molecular weight is 325 g/mol. The quantitative estimate of drug-likeness (QED) is 0.623. The van der Waals surface area contributed by atoms with Crippen LogP contribution in [0.4, 0.5) is 0 Å². The molecule has 0 aliphatic rings. The van der Waals surface area contributed by atoms with Crippen LogP contribution < -0.4 is 5.32 Å². The van der Waals surface area contributed by atoms with Gasteiger partial charge in [-0.1, -0.05) is 0 Å². The fraction of sp³-hybridized carbons (Fsp3) is 0.278. The maximum atomic E-state index is 12.4. The summed E-state index contributed by atoms with van der Waals surface area (Å²) in [6, 6.07) is 12.1. The Morgan fingerprint density at radius 3 is 2.42 bits per heavy atom. The molecule has 0 aliphatic carbocycles. The highest BCUT2D eigenvalue weighted by molar-refractivity contribution is 6.12. The molecule has 0 saturated heterocycles. The molecule has 0 saturated carbocycles. The second-order valence-corrected chi connectivity index (χ2v) is 5.43. The first-order chi connectivity index (χ1) is 11.6. The second-order valence-electron chi connectivity index (χ2n) is 5.43. The Morgan fingerprint density at radius 2 is 1.88 bits per heavy atom. The molecule has 1 aromatic carbocycles. The number of nitrogens with zero attached hydrogens (tertiary/aromatic N) is 2. The van der Waals surface area contributed by atoms with E-state index in [1.165, 1.54) is 7.11 Å². The zero-order chi connectivity index (χ0) is 17.5. The summed E-state index contributed by atoms with van der Waals surface area (Å²) < 4.78 is 6.82. The van der Waals surface area contributed by atoms with Gasteiger partial charge in [0, 0.05) is 36.8 Å². The average Bonchev–Trinajstić information content (AvgIpc) is 3.10. The molecule has 6 heteroatoms. The third kappa shape index (κ3) is 4.09. The van der Waals surface area contributed by atoms with Crippen molar-refractivity contribution in [1.29, 1.82) is 5.26 Å². The van der Waals surface area contributed by atoms with E-state index in [2.05, 4.69) is 5.32 Å². The highest BCUT2D eigenvalue weighted by atomic mass is 16.5. The van der Waals surface area contributed by atoms with Crippen LogP contribution in [0.25, 0.3) is 5.69 Å². The lowest BCUT2D eigenvalue weighted by atomic mass is 9.97. The topological polar surface area (TPSA) is 84.1 Å². The number of hydrogen-bond acceptors (Lipinski definition) is 4. The van der Waals surface area contributed by atoms with Gasteiger partial charge in [0.15, 0.2) is 11.7 Å². The standard InChI is InChI=1S/C18H19N3O3/c1-13(12-24-2)20-18(23)16(11-19)17(22)14-5-7-15(8-6-14)21-9-3-4-10-21/h3-10,13,16H,12H2,1-2H3,(H,20,23)/t13-,16-/m1/s1. The first-order valence-corrected chi connectivity index (χ1v) is 7.53. The molecule has 0 fully saturated rings. The molecule has 1 heterocycles. The molecule has 0 unspecified atom stereocenters. The Balaban J connectivity index is 2.11. The lowest BCUT2D eigenvalue weighted by Gasteiger charge is -2.15. The molecule has 124 valence electrons. The van der Waals surface area contributed by atoms with Crippen molar-refractivity contribution in [3.05, 3.63) is 54.4 Å². The molecule has 1 N–H and O–H groups in total. The van der Waals surface area contributed by atoms with Crippen molar-refractivity contribution in [2.75, 3.05) is 13.7 Å². The number of rotatable bonds is 7. The van der Waals surface area contributed by atoms with Gasteiger partial charge in [-0.25, -0.2) is 0 Å². The predicted octanol–water partition coefficient (Wildman–Crippen LogP) is 1.95. The molecule has 0 radical (unpaired) electrons. The van der Waals surface area contributed by atoms with Gasteiger partial charge < -0.3 is 14.6 Å². The molecule has 1 aromatic heterocycles. The van der Waals surface area contributed by atoms with Gasteiger partial charge >= 0.3 is 0 Å². The monoisotopic (exact) mass is 325 g/mol. The van der Waals surface area contributed by atoms with Crippen LogP contribution in [-0.2, 0) is 9.53 Å². The maximum absolute atomic E-state index is 12.4. The number of carbonyl (C=O) groups is 2. The second kappa shape index (κ2) is 8.09. The van der Waals surface area contributed by atoms with Gasteiger partial charge in [-0.05, 0) is 43.3 Å². The van der Waals surface area contributed by atoms with Crippen LogP contribution in [0, 0.1) is 17.2 Å². The van der Waals surface area contributed by atoms with E-state index in [1.54, 1.807) is 37.3 Å². The van der Waals surface area contributed by atoms with Gasteiger partial charge in [0.2, 0.25) is 5.91 Å². The van der Waals surface area contributed by atoms with Gasteiger partial charge in [0.05, 0.1) is 12.7 Å². The molecule has 0 spiro atoms. The van der Waals surface area contributed by atoms with Crippen molar-refractivity contribution in [3.63, 3.8) is 0 Å². The number of ether oxygens (including phenoxy) is 1. The number of amides is 1. The van der Waals surface area contributed by atoms with Crippen LogP contribution in [0.5, 0.6) is 0 Å². The smallest absolute Gasteiger partial charge is 0.245 e. The number of methoxy groups -OCH3 is 1. The van der Waals surface area contributed by atoms with Crippen LogP contribution in [-0.4, -0.2) is 36.0 Å². The van der Waals surface area contributed by atoms with Crippen molar-refractivity contribution in [1.82, 2.24) is 9.88 Å². The van der Waals surface area contributed by atoms with Crippen LogP contribution in [0.1, 0.15) is 17.3 Å². The van der Waals surface area contributed by atoms with Crippen LogP contribution in [0.2, 0.25) is 0 Å². The van der Waals surface area contributed by atoms with Crippen molar-refractivity contribution in [2.45, 2.75) is 13.0 Å². The van der Waals surface area contributed by atoms with E-state index in [-0.39, 0.29) is 6.04 Å². The number of nitrogens with one attached hydrogen (secondary N) is 1. The molecule has 2 rings (SSSR count). The van der Waals surface area contributed by atoms with Crippen LogP contribution >= 0.6 is 0 Å². The van der Waals surface area contributed by atoms with E-state index in [9.17, 15) is 14.9 Å². The fourth-order valence-corrected chi connectivity index (χ4v) is 2.33. The van der Waals surface area contributed by atoms with Crippen molar-refractivity contribution < 1.29 is 14.3 Å². The molecule has 0 aliphatic heterocycles. The van der Waals surface area contributed by atoms with E-state index in [1.807, 2.05) is 29.1 Å². The Hall–Kier alpha value is -2.91. The summed E-state index contributed by atoms with van der Waals surface area (Å²) in [6.45, 7) is 2.05. The lowest BCUT2D eigenvalue weighted by Crippen LogP contribution is -2.41. The van der Waals surface area contributed by atoms with E-state index in [4.69, 9.17) is 4.74 Å². The Kier molecular flexibility index (Phi) is 5.88. The van der Waals surface area contributed by atoms with Crippen LogP contribution in [0.3, 0.4) is 0 Å². The number of nitriles is 1. The molecule has 1 amide bonds. The number of carbonyl (C=O) groups excluding carboxylic acids is 2. The summed E-state index contributed by atoms with van der Waals surface area (Å²) in [5, 5.41) is 11.8. The first-order valence-electron chi connectivity index (χ1n) is 7.53. The minimum Gasteiger partial charge on any atom is -0.383 e. The first kappa shape index (κ1) is 17.4. The fourth-order valence-electron chi connectivity index (χ4n) is 2.33. The third-order valence-corrected chi connectivity index (χ3v) is 3.51. The van der Waals surface area contributed by atoms with Crippen molar-refractivity contribution >= 4 is 11.7 Å². The number of ketones is 1.